The number of hydrogen-bond donors (Lipinski definition) is 2. The van der Waals surface area contributed by atoms with E-state index in [2.05, 4.69) is 23.5 Å². The average Bonchev–Trinajstić information content (AvgIpc) is 2.62. The van der Waals surface area contributed by atoms with Crippen molar-refractivity contribution in [3.63, 3.8) is 0 Å². The Hall–Kier alpha value is -2.04. The predicted octanol–water partition coefficient (Wildman–Crippen LogP) is 3.06. The van der Waals surface area contributed by atoms with Crippen LogP contribution < -0.4 is 14.8 Å². The van der Waals surface area contributed by atoms with E-state index in [1.807, 2.05) is 30.3 Å². The molecule has 0 bridgehead atoms. The van der Waals surface area contributed by atoms with Gasteiger partial charge in [0.1, 0.15) is 13.2 Å². The highest BCUT2D eigenvalue weighted by atomic mass is 16.6. The topological polar surface area (TPSA) is 50.7 Å². The lowest BCUT2D eigenvalue weighted by Gasteiger charge is -2.21. The number of benzene rings is 2. The Morgan fingerprint density at radius 3 is 2.57 bits per heavy atom. The molecule has 2 N–H and O–H groups in total. The highest BCUT2D eigenvalue weighted by Gasteiger charge is 2.13. The molecular formula is C19H23NO3. The van der Waals surface area contributed by atoms with Crippen molar-refractivity contribution in [3.8, 4) is 11.5 Å². The van der Waals surface area contributed by atoms with Crippen LogP contribution in [0.1, 0.15) is 30.0 Å². The van der Waals surface area contributed by atoms with Gasteiger partial charge in [-0.15, -0.1) is 0 Å². The van der Waals surface area contributed by atoms with Crippen LogP contribution in [-0.4, -0.2) is 24.9 Å². The molecule has 1 heterocycles. The lowest BCUT2D eigenvalue weighted by molar-refractivity contribution is 0.171. The first-order valence-electron chi connectivity index (χ1n) is 8.14. The van der Waals surface area contributed by atoms with E-state index in [1.54, 1.807) is 0 Å². The molecule has 4 nitrogen and oxygen atoms in total. The molecule has 1 aliphatic heterocycles. The lowest BCUT2D eigenvalue weighted by atomic mass is 10.0. The van der Waals surface area contributed by atoms with Gasteiger partial charge in [0.2, 0.25) is 0 Å². The van der Waals surface area contributed by atoms with Crippen molar-refractivity contribution < 1.29 is 14.6 Å². The van der Waals surface area contributed by atoms with Gasteiger partial charge >= 0.3 is 0 Å². The number of aliphatic hydroxyl groups excluding tert-OH is 1. The van der Waals surface area contributed by atoms with Gasteiger partial charge in [-0.1, -0.05) is 36.4 Å². The Labute approximate surface area is 137 Å². The molecule has 2 aromatic carbocycles. The van der Waals surface area contributed by atoms with Gasteiger partial charge in [0.25, 0.3) is 0 Å². The van der Waals surface area contributed by atoms with Gasteiger partial charge in [0.15, 0.2) is 11.5 Å². The second-order valence-electron chi connectivity index (χ2n) is 5.69. The van der Waals surface area contributed by atoms with E-state index in [0.29, 0.717) is 13.2 Å². The Balaban J connectivity index is 1.66. The number of rotatable bonds is 7. The summed E-state index contributed by atoms with van der Waals surface area (Å²) >= 11 is 0. The minimum absolute atomic E-state index is 0.217. The van der Waals surface area contributed by atoms with E-state index in [0.717, 1.165) is 30.9 Å². The number of ether oxygens (including phenoxy) is 2. The summed E-state index contributed by atoms with van der Waals surface area (Å²) in [6, 6.07) is 16.7. The molecule has 0 spiro atoms. The molecule has 0 aromatic heterocycles. The van der Waals surface area contributed by atoms with Gasteiger partial charge in [0, 0.05) is 19.2 Å². The molecule has 0 radical (unpaired) electrons. The van der Waals surface area contributed by atoms with Crippen LogP contribution in [0.3, 0.4) is 0 Å². The monoisotopic (exact) mass is 313 g/mol. The Morgan fingerprint density at radius 1 is 1.00 bits per heavy atom. The first kappa shape index (κ1) is 15.8. The standard InChI is InChI=1S/C19H23NO3/c21-10-4-7-17(16-5-2-1-3-6-16)20-14-15-8-9-18-19(13-15)23-12-11-22-18/h1-3,5-6,8-9,13,17,20-21H,4,7,10-12,14H2. The fraction of sp³-hybridized carbons (Fsp3) is 0.368. The first-order chi connectivity index (χ1) is 11.4. The predicted molar refractivity (Wildman–Crippen MR) is 89.8 cm³/mol. The highest BCUT2D eigenvalue weighted by Crippen LogP contribution is 2.31. The second kappa shape index (κ2) is 7.99. The SMILES string of the molecule is OCCCC(NCc1ccc2c(c1)OCCO2)c1ccccc1. The van der Waals surface area contributed by atoms with E-state index < -0.39 is 0 Å². The van der Waals surface area contributed by atoms with E-state index in [-0.39, 0.29) is 12.6 Å². The van der Waals surface area contributed by atoms with Gasteiger partial charge in [-0.2, -0.15) is 0 Å². The zero-order chi connectivity index (χ0) is 15.9. The van der Waals surface area contributed by atoms with Crippen LogP contribution in [0.4, 0.5) is 0 Å². The van der Waals surface area contributed by atoms with Crippen molar-refractivity contribution in [2.24, 2.45) is 0 Å². The van der Waals surface area contributed by atoms with Gasteiger partial charge < -0.3 is 19.9 Å². The quantitative estimate of drug-likeness (QED) is 0.825. The summed E-state index contributed by atoms with van der Waals surface area (Å²) in [6.07, 6.45) is 1.69. The van der Waals surface area contributed by atoms with Crippen molar-refractivity contribution in [3.05, 3.63) is 59.7 Å². The molecular weight excluding hydrogens is 290 g/mol. The molecule has 1 unspecified atom stereocenters. The molecule has 2 aromatic rings. The number of aliphatic hydroxyl groups is 1. The van der Waals surface area contributed by atoms with Crippen LogP contribution in [0.5, 0.6) is 11.5 Å². The van der Waals surface area contributed by atoms with Crippen molar-refractivity contribution in [1.29, 1.82) is 0 Å². The highest BCUT2D eigenvalue weighted by molar-refractivity contribution is 5.43. The minimum Gasteiger partial charge on any atom is -0.486 e. The Kier molecular flexibility index (Phi) is 5.51. The molecule has 0 saturated heterocycles. The molecule has 1 aliphatic rings. The number of hydrogen-bond acceptors (Lipinski definition) is 4. The largest absolute Gasteiger partial charge is 0.486 e. The summed E-state index contributed by atoms with van der Waals surface area (Å²) in [5.41, 5.74) is 2.41. The summed E-state index contributed by atoms with van der Waals surface area (Å²) in [5, 5.41) is 12.7. The average molecular weight is 313 g/mol. The maximum absolute atomic E-state index is 9.12. The van der Waals surface area contributed by atoms with Crippen LogP contribution in [0.25, 0.3) is 0 Å². The molecule has 0 fully saturated rings. The summed E-state index contributed by atoms with van der Waals surface area (Å²) < 4.78 is 11.2. The summed E-state index contributed by atoms with van der Waals surface area (Å²) in [6.45, 7) is 2.19. The number of nitrogens with one attached hydrogen (secondary N) is 1. The van der Waals surface area contributed by atoms with Crippen LogP contribution in [0.15, 0.2) is 48.5 Å². The molecule has 23 heavy (non-hydrogen) atoms. The van der Waals surface area contributed by atoms with E-state index in [1.165, 1.54) is 11.1 Å². The van der Waals surface area contributed by atoms with Gasteiger partial charge in [-0.3, -0.25) is 0 Å². The van der Waals surface area contributed by atoms with Crippen LogP contribution in [-0.2, 0) is 6.54 Å². The Morgan fingerprint density at radius 2 is 1.78 bits per heavy atom. The van der Waals surface area contributed by atoms with E-state index in [4.69, 9.17) is 14.6 Å². The molecule has 3 rings (SSSR count). The van der Waals surface area contributed by atoms with Crippen LogP contribution >= 0.6 is 0 Å². The molecule has 0 saturated carbocycles. The molecule has 122 valence electrons. The third kappa shape index (κ3) is 4.24. The maximum atomic E-state index is 9.12. The second-order valence-corrected chi connectivity index (χ2v) is 5.69. The van der Waals surface area contributed by atoms with Gasteiger partial charge in [-0.25, -0.2) is 0 Å². The third-order valence-electron chi connectivity index (χ3n) is 4.01. The fourth-order valence-electron chi connectivity index (χ4n) is 2.81. The minimum atomic E-state index is 0.217. The summed E-state index contributed by atoms with van der Waals surface area (Å²) in [7, 11) is 0. The lowest BCUT2D eigenvalue weighted by Crippen LogP contribution is -2.21. The van der Waals surface area contributed by atoms with Gasteiger partial charge in [-0.05, 0) is 36.1 Å². The molecule has 0 aliphatic carbocycles. The van der Waals surface area contributed by atoms with E-state index in [9.17, 15) is 0 Å². The maximum Gasteiger partial charge on any atom is 0.161 e. The van der Waals surface area contributed by atoms with Gasteiger partial charge in [0.05, 0.1) is 0 Å². The van der Waals surface area contributed by atoms with E-state index >= 15 is 0 Å². The Bertz CT molecular complexity index is 615. The summed E-state index contributed by atoms with van der Waals surface area (Å²) in [4.78, 5) is 0. The fourth-order valence-corrected chi connectivity index (χ4v) is 2.81. The summed E-state index contributed by atoms with van der Waals surface area (Å²) in [5.74, 6) is 1.64. The van der Waals surface area contributed by atoms with Crippen LogP contribution in [0, 0.1) is 0 Å². The zero-order valence-electron chi connectivity index (χ0n) is 13.2. The van der Waals surface area contributed by atoms with Crippen molar-refractivity contribution >= 4 is 0 Å². The molecule has 1 atom stereocenters. The zero-order valence-corrected chi connectivity index (χ0v) is 13.2. The van der Waals surface area contributed by atoms with Crippen molar-refractivity contribution in [2.45, 2.75) is 25.4 Å². The first-order valence-corrected chi connectivity index (χ1v) is 8.14. The third-order valence-corrected chi connectivity index (χ3v) is 4.01. The molecule has 4 heteroatoms. The van der Waals surface area contributed by atoms with Crippen molar-refractivity contribution in [1.82, 2.24) is 5.32 Å². The molecule has 0 amide bonds. The smallest absolute Gasteiger partial charge is 0.161 e. The van der Waals surface area contributed by atoms with Crippen LogP contribution in [0.2, 0.25) is 0 Å². The number of fused-ring (bicyclic) bond motifs is 1. The normalized spacial score (nSPS) is 14.5. The van der Waals surface area contributed by atoms with Crippen molar-refractivity contribution in [2.75, 3.05) is 19.8 Å².